The number of piperazine rings is 1. The first-order valence-corrected chi connectivity index (χ1v) is 9.41. The van der Waals surface area contributed by atoms with Crippen molar-refractivity contribution >= 4 is 35.6 Å². The number of hydrogen-bond acceptors (Lipinski definition) is 3. The maximum absolute atomic E-state index is 14.0. The van der Waals surface area contributed by atoms with Gasteiger partial charge in [0.05, 0.1) is 5.69 Å². The second-order valence-electron chi connectivity index (χ2n) is 7.27. The molecule has 2 aliphatic rings. The smallest absolute Gasteiger partial charge is 0.193 e. The summed E-state index contributed by atoms with van der Waals surface area (Å²) in [5.41, 5.74) is 0.345. The van der Waals surface area contributed by atoms with E-state index in [0.29, 0.717) is 24.7 Å². The number of rotatable bonds is 3. The van der Waals surface area contributed by atoms with Crippen LogP contribution in [-0.4, -0.2) is 75.7 Å². The first-order chi connectivity index (χ1) is 12.6. The Morgan fingerprint density at radius 2 is 1.93 bits per heavy atom. The van der Waals surface area contributed by atoms with Crippen molar-refractivity contribution in [2.75, 3.05) is 64.8 Å². The average Bonchev–Trinajstić information content (AvgIpc) is 2.65. The highest BCUT2D eigenvalue weighted by molar-refractivity contribution is 14.0. The number of aliphatic imine (C=N–C) groups is 1. The normalized spacial score (nSPS) is 21.8. The molecule has 0 amide bonds. The van der Waals surface area contributed by atoms with Gasteiger partial charge in [-0.15, -0.1) is 24.0 Å². The maximum atomic E-state index is 14.0. The molecule has 2 fully saturated rings. The van der Waals surface area contributed by atoms with E-state index in [1.165, 1.54) is 31.5 Å². The van der Waals surface area contributed by atoms with Crippen LogP contribution < -0.4 is 10.2 Å². The van der Waals surface area contributed by atoms with Gasteiger partial charge in [0.2, 0.25) is 0 Å². The number of piperidine rings is 1. The van der Waals surface area contributed by atoms with E-state index in [4.69, 9.17) is 0 Å². The standard InChI is InChI=1S/C19H29F2N5.HI/c1-22-19(23-13-15-4-3-7-24(2)14-15)26-10-8-25(9-11-26)18-12-16(20)5-6-17(18)21;/h5-6,12,15H,3-4,7-11,13-14H2,1-2H3,(H,22,23);1H. The van der Waals surface area contributed by atoms with E-state index in [1.54, 1.807) is 7.05 Å². The molecule has 3 rings (SSSR count). The van der Waals surface area contributed by atoms with Gasteiger partial charge in [0.15, 0.2) is 5.96 Å². The van der Waals surface area contributed by atoms with E-state index in [2.05, 4.69) is 27.2 Å². The second-order valence-corrected chi connectivity index (χ2v) is 7.27. The van der Waals surface area contributed by atoms with E-state index in [9.17, 15) is 8.78 Å². The summed E-state index contributed by atoms with van der Waals surface area (Å²) in [6, 6.07) is 3.62. The summed E-state index contributed by atoms with van der Waals surface area (Å²) in [5, 5.41) is 3.50. The zero-order chi connectivity index (χ0) is 18.5. The number of benzene rings is 1. The molecule has 0 saturated carbocycles. The largest absolute Gasteiger partial charge is 0.366 e. The lowest BCUT2D eigenvalue weighted by Gasteiger charge is -2.38. The Labute approximate surface area is 177 Å². The Morgan fingerprint density at radius 1 is 1.19 bits per heavy atom. The molecule has 27 heavy (non-hydrogen) atoms. The fourth-order valence-electron chi connectivity index (χ4n) is 3.90. The molecule has 0 bridgehead atoms. The fourth-order valence-corrected chi connectivity index (χ4v) is 3.90. The summed E-state index contributed by atoms with van der Waals surface area (Å²) >= 11 is 0. The number of halogens is 3. The van der Waals surface area contributed by atoms with Crippen LogP contribution in [0.2, 0.25) is 0 Å². The van der Waals surface area contributed by atoms with E-state index >= 15 is 0 Å². The van der Waals surface area contributed by atoms with Crippen LogP contribution in [0.15, 0.2) is 23.2 Å². The van der Waals surface area contributed by atoms with Gasteiger partial charge >= 0.3 is 0 Å². The zero-order valence-corrected chi connectivity index (χ0v) is 18.5. The molecule has 152 valence electrons. The van der Waals surface area contributed by atoms with Crippen molar-refractivity contribution in [3.8, 4) is 0 Å². The lowest BCUT2D eigenvalue weighted by atomic mass is 9.98. The van der Waals surface area contributed by atoms with Gasteiger partial charge in [-0.2, -0.15) is 0 Å². The molecule has 1 aromatic carbocycles. The third-order valence-corrected chi connectivity index (χ3v) is 5.31. The molecule has 2 aliphatic heterocycles. The minimum Gasteiger partial charge on any atom is -0.366 e. The van der Waals surface area contributed by atoms with Crippen molar-refractivity contribution < 1.29 is 8.78 Å². The molecule has 1 unspecified atom stereocenters. The minimum atomic E-state index is -0.404. The van der Waals surface area contributed by atoms with Gasteiger partial charge in [0.1, 0.15) is 11.6 Å². The number of hydrogen-bond donors (Lipinski definition) is 1. The Hall–Kier alpha value is -1.16. The third-order valence-electron chi connectivity index (χ3n) is 5.31. The molecule has 0 aromatic heterocycles. The van der Waals surface area contributed by atoms with Crippen molar-refractivity contribution in [2.45, 2.75) is 12.8 Å². The van der Waals surface area contributed by atoms with Crippen LogP contribution in [-0.2, 0) is 0 Å². The van der Waals surface area contributed by atoms with E-state index in [1.807, 2.05) is 4.90 Å². The van der Waals surface area contributed by atoms with E-state index in [-0.39, 0.29) is 29.8 Å². The van der Waals surface area contributed by atoms with Gasteiger partial charge in [-0.3, -0.25) is 4.99 Å². The molecule has 5 nitrogen and oxygen atoms in total. The Morgan fingerprint density at radius 3 is 2.59 bits per heavy atom. The van der Waals surface area contributed by atoms with Crippen molar-refractivity contribution in [1.82, 2.24) is 15.1 Å². The van der Waals surface area contributed by atoms with Crippen LogP contribution in [0.1, 0.15) is 12.8 Å². The van der Waals surface area contributed by atoms with Gasteiger partial charge in [0.25, 0.3) is 0 Å². The molecule has 2 heterocycles. The number of nitrogens with one attached hydrogen (secondary N) is 1. The fraction of sp³-hybridized carbons (Fsp3) is 0.632. The average molecular weight is 493 g/mol. The first kappa shape index (κ1) is 22.1. The summed E-state index contributed by atoms with van der Waals surface area (Å²) in [4.78, 5) is 10.9. The van der Waals surface area contributed by atoms with E-state index in [0.717, 1.165) is 38.2 Å². The molecule has 0 spiro atoms. The Kier molecular flexibility index (Phi) is 8.53. The number of anilines is 1. The predicted molar refractivity (Wildman–Crippen MR) is 117 cm³/mol. The number of nitrogens with zero attached hydrogens (tertiary/aromatic N) is 4. The lowest BCUT2D eigenvalue weighted by molar-refractivity contribution is 0.209. The molecule has 1 aromatic rings. The molecule has 2 saturated heterocycles. The zero-order valence-electron chi connectivity index (χ0n) is 16.1. The van der Waals surface area contributed by atoms with Crippen LogP contribution in [0.25, 0.3) is 0 Å². The van der Waals surface area contributed by atoms with Gasteiger partial charge in [0, 0.05) is 52.4 Å². The second kappa shape index (κ2) is 10.4. The molecule has 1 atom stereocenters. The molecular formula is C19H30F2IN5. The highest BCUT2D eigenvalue weighted by Gasteiger charge is 2.23. The predicted octanol–water partition coefficient (Wildman–Crippen LogP) is 2.62. The summed E-state index contributed by atoms with van der Waals surface area (Å²) in [5.74, 6) is 0.772. The number of likely N-dealkylation sites (tertiary alicyclic amines) is 1. The van der Waals surface area contributed by atoms with Crippen LogP contribution in [0.5, 0.6) is 0 Å². The molecule has 1 N–H and O–H groups in total. The summed E-state index contributed by atoms with van der Waals surface area (Å²) in [7, 11) is 3.97. The SMILES string of the molecule is CN=C(NCC1CCCN(C)C1)N1CCN(c2cc(F)ccc2F)CC1.I. The van der Waals surface area contributed by atoms with E-state index < -0.39 is 5.82 Å². The number of guanidine groups is 1. The monoisotopic (exact) mass is 493 g/mol. The highest BCUT2D eigenvalue weighted by Crippen LogP contribution is 2.22. The minimum absolute atomic E-state index is 0. The van der Waals surface area contributed by atoms with Crippen molar-refractivity contribution in [1.29, 1.82) is 0 Å². The topological polar surface area (TPSA) is 34.1 Å². The maximum Gasteiger partial charge on any atom is 0.193 e. The Bertz CT molecular complexity index is 635. The van der Waals surface area contributed by atoms with Crippen LogP contribution >= 0.6 is 24.0 Å². The third kappa shape index (κ3) is 5.91. The highest BCUT2D eigenvalue weighted by atomic mass is 127. The molecule has 0 radical (unpaired) electrons. The molecular weight excluding hydrogens is 463 g/mol. The molecule has 8 heteroatoms. The lowest BCUT2D eigenvalue weighted by Crippen LogP contribution is -2.53. The van der Waals surface area contributed by atoms with Crippen LogP contribution in [0, 0.1) is 17.6 Å². The summed E-state index contributed by atoms with van der Waals surface area (Å²) in [6.07, 6.45) is 2.50. The quantitative estimate of drug-likeness (QED) is 0.399. The van der Waals surface area contributed by atoms with Gasteiger partial charge in [-0.25, -0.2) is 8.78 Å². The summed E-state index contributed by atoms with van der Waals surface area (Å²) < 4.78 is 27.4. The Balaban J connectivity index is 0.00000261. The van der Waals surface area contributed by atoms with Crippen molar-refractivity contribution in [3.05, 3.63) is 29.8 Å². The van der Waals surface area contributed by atoms with Crippen molar-refractivity contribution in [2.24, 2.45) is 10.9 Å². The van der Waals surface area contributed by atoms with Crippen molar-refractivity contribution in [3.63, 3.8) is 0 Å². The van der Waals surface area contributed by atoms with Crippen LogP contribution in [0.3, 0.4) is 0 Å². The van der Waals surface area contributed by atoms with Gasteiger partial charge in [-0.1, -0.05) is 0 Å². The summed E-state index contributed by atoms with van der Waals surface area (Å²) in [6.45, 7) is 6.00. The van der Waals surface area contributed by atoms with Gasteiger partial charge < -0.3 is 20.0 Å². The molecule has 0 aliphatic carbocycles. The van der Waals surface area contributed by atoms with Gasteiger partial charge in [-0.05, 0) is 44.5 Å². The van der Waals surface area contributed by atoms with Crippen LogP contribution in [0.4, 0.5) is 14.5 Å². The first-order valence-electron chi connectivity index (χ1n) is 9.41.